The molecule has 0 aliphatic carbocycles. The summed E-state index contributed by atoms with van der Waals surface area (Å²) in [7, 11) is 0. The van der Waals surface area contributed by atoms with Crippen molar-refractivity contribution < 1.29 is 9.53 Å². The van der Waals surface area contributed by atoms with Gasteiger partial charge in [0, 0.05) is 30.0 Å². The number of rotatable bonds is 6. The van der Waals surface area contributed by atoms with Crippen LogP contribution in [0.25, 0.3) is 21.9 Å². The molecule has 0 atom stereocenters. The molecule has 0 radical (unpaired) electrons. The quantitative estimate of drug-likeness (QED) is 0.430. The smallest absolute Gasteiger partial charge is 0.319 e. The molecular weight excluding hydrogens is 400 g/mol. The average Bonchev–Trinajstić information content (AvgIpc) is 2.83. The van der Waals surface area contributed by atoms with Crippen LogP contribution < -0.4 is 15.4 Å². The van der Waals surface area contributed by atoms with Crippen LogP contribution in [0.4, 0.5) is 10.5 Å². The lowest BCUT2D eigenvalue weighted by Gasteiger charge is -2.13. The Bertz CT molecular complexity index is 1290. The van der Waals surface area contributed by atoms with Crippen LogP contribution in [0.5, 0.6) is 5.75 Å². The fourth-order valence-corrected chi connectivity index (χ4v) is 3.57. The maximum atomic E-state index is 12.4. The van der Waals surface area contributed by atoms with Crippen molar-refractivity contribution in [3.63, 3.8) is 0 Å². The van der Waals surface area contributed by atoms with Crippen molar-refractivity contribution in [2.24, 2.45) is 0 Å². The predicted molar refractivity (Wildman–Crippen MR) is 125 cm³/mol. The Morgan fingerprint density at radius 2 is 1.91 bits per heavy atom. The normalized spacial score (nSPS) is 10.4. The maximum Gasteiger partial charge on any atom is 0.319 e. The highest BCUT2D eigenvalue weighted by Crippen LogP contribution is 2.31. The minimum absolute atomic E-state index is 0.340. The van der Waals surface area contributed by atoms with Crippen LogP contribution in [-0.4, -0.2) is 17.6 Å². The van der Waals surface area contributed by atoms with E-state index in [1.807, 2.05) is 49.5 Å². The number of nitriles is 1. The molecule has 2 amide bonds. The second-order valence-electron chi connectivity index (χ2n) is 7.15. The van der Waals surface area contributed by atoms with Crippen molar-refractivity contribution in [3.8, 4) is 22.9 Å². The van der Waals surface area contributed by atoms with E-state index >= 15 is 0 Å². The molecule has 0 fully saturated rings. The molecule has 0 spiro atoms. The Labute approximate surface area is 186 Å². The highest BCUT2D eigenvalue weighted by molar-refractivity contribution is 5.98. The molecule has 6 nitrogen and oxygen atoms in total. The van der Waals surface area contributed by atoms with Gasteiger partial charge in [0.2, 0.25) is 0 Å². The van der Waals surface area contributed by atoms with E-state index in [9.17, 15) is 4.79 Å². The maximum absolute atomic E-state index is 12.4. The van der Waals surface area contributed by atoms with Gasteiger partial charge in [0.25, 0.3) is 0 Å². The van der Waals surface area contributed by atoms with Gasteiger partial charge in [-0.25, -0.2) is 4.79 Å². The number of benzene rings is 3. The molecule has 0 aliphatic heterocycles. The molecule has 1 aromatic heterocycles. The fraction of sp³-hybridized carbons (Fsp3) is 0.115. The second-order valence-corrected chi connectivity index (χ2v) is 7.15. The van der Waals surface area contributed by atoms with Crippen molar-refractivity contribution in [2.75, 3.05) is 11.9 Å². The summed E-state index contributed by atoms with van der Waals surface area (Å²) in [6.07, 6.45) is 3.59. The van der Waals surface area contributed by atoms with Crippen molar-refractivity contribution in [1.82, 2.24) is 10.3 Å². The molecule has 158 valence electrons. The van der Waals surface area contributed by atoms with E-state index in [1.54, 1.807) is 30.5 Å². The number of hydrogen-bond donors (Lipinski definition) is 2. The number of nitrogens with one attached hydrogen (secondary N) is 2. The Balaban J connectivity index is 1.53. The SMILES string of the molecule is CCOc1ccc(-c2ccc(CNC(=O)Nc3cccc(C#N)c3)c3cnccc23)cc1. The number of pyridine rings is 1. The van der Waals surface area contributed by atoms with Crippen LogP contribution in [0, 0.1) is 11.3 Å². The largest absolute Gasteiger partial charge is 0.494 e. The van der Waals surface area contributed by atoms with E-state index < -0.39 is 0 Å². The summed E-state index contributed by atoms with van der Waals surface area (Å²) in [5.41, 5.74) is 4.19. The average molecular weight is 422 g/mol. The molecule has 0 unspecified atom stereocenters. The van der Waals surface area contributed by atoms with E-state index in [0.29, 0.717) is 24.4 Å². The van der Waals surface area contributed by atoms with Gasteiger partial charge in [-0.05, 0) is 65.4 Å². The lowest BCUT2D eigenvalue weighted by Crippen LogP contribution is -2.28. The number of anilines is 1. The summed E-state index contributed by atoms with van der Waals surface area (Å²) in [5, 5.41) is 16.7. The summed E-state index contributed by atoms with van der Waals surface area (Å²) < 4.78 is 5.54. The number of carbonyl (C=O) groups excluding carboxylic acids is 1. The number of aromatic nitrogens is 1. The molecule has 6 heteroatoms. The monoisotopic (exact) mass is 422 g/mol. The van der Waals surface area contributed by atoms with Gasteiger partial charge in [0.15, 0.2) is 0 Å². The summed E-state index contributed by atoms with van der Waals surface area (Å²) in [6, 6.07) is 22.6. The molecule has 3 aromatic carbocycles. The molecule has 32 heavy (non-hydrogen) atoms. The first-order chi connectivity index (χ1) is 15.7. The van der Waals surface area contributed by atoms with Gasteiger partial charge in [0.1, 0.15) is 5.75 Å². The first-order valence-electron chi connectivity index (χ1n) is 10.3. The van der Waals surface area contributed by atoms with Crippen LogP contribution in [0.2, 0.25) is 0 Å². The molecule has 0 bridgehead atoms. The van der Waals surface area contributed by atoms with Crippen molar-refractivity contribution in [3.05, 3.63) is 90.3 Å². The Kier molecular flexibility index (Phi) is 6.28. The lowest BCUT2D eigenvalue weighted by atomic mass is 9.96. The minimum Gasteiger partial charge on any atom is -0.494 e. The zero-order valence-corrected chi connectivity index (χ0v) is 17.6. The molecule has 4 rings (SSSR count). The molecule has 4 aromatic rings. The molecule has 2 N–H and O–H groups in total. The number of amides is 2. The predicted octanol–water partition coefficient (Wildman–Crippen LogP) is 5.49. The van der Waals surface area contributed by atoms with E-state index in [0.717, 1.165) is 33.2 Å². The van der Waals surface area contributed by atoms with Gasteiger partial charge in [0.05, 0.1) is 18.2 Å². The summed E-state index contributed by atoms with van der Waals surface area (Å²) in [5.74, 6) is 0.842. The van der Waals surface area contributed by atoms with Crippen LogP contribution in [-0.2, 0) is 6.54 Å². The number of ether oxygens (including phenoxy) is 1. The number of nitrogens with zero attached hydrogens (tertiary/aromatic N) is 2. The lowest BCUT2D eigenvalue weighted by molar-refractivity contribution is 0.252. The Morgan fingerprint density at radius 1 is 1.06 bits per heavy atom. The number of hydrogen-bond acceptors (Lipinski definition) is 4. The van der Waals surface area contributed by atoms with Crippen LogP contribution in [0.3, 0.4) is 0 Å². The minimum atomic E-state index is -0.340. The zero-order valence-electron chi connectivity index (χ0n) is 17.6. The van der Waals surface area contributed by atoms with Crippen LogP contribution in [0.1, 0.15) is 18.1 Å². The fourth-order valence-electron chi connectivity index (χ4n) is 3.57. The first kappa shape index (κ1) is 20.9. The van der Waals surface area contributed by atoms with E-state index in [-0.39, 0.29) is 6.03 Å². The van der Waals surface area contributed by atoms with Crippen LogP contribution >= 0.6 is 0 Å². The standard InChI is InChI=1S/C26H22N4O2/c1-2-32-22-9-6-19(7-10-22)23-11-8-20(25-17-28-13-12-24(23)25)16-29-26(31)30-21-5-3-4-18(14-21)15-27/h3-14,17H,2,16H2,1H3,(H2,29,30,31). The number of fused-ring (bicyclic) bond motifs is 1. The molecule has 1 heterocycles. The van der Waals surface area contributed by atoms with Gasteiger partial charge in [-0.3, -0.25) is 4.98 Å². The zero-order chi connectivity index (χ0) is 22.3. The third-order valence-corrected chi connectivity index (χ3v) is 5.07. The molecule has 0 saturated carbocycles. The topological polar surface area (TPSA) is 87.0 Å². The Morgan fingerprint density at radius 3 is 2.69 bits per heavy atom. The van der Waals surface area contributed by atoms with Gasteiger partial charge in [-0.1, -0.05) is 30.3 Å². The molecule has 0 saturated heterocycles. The molecule has 0 aliphatic rings. The van der Waals surface area contributed by atoms with E-state index in [1.165, 1.54) is 0 Å². The number of carbonyl (C=O) groups is 1. The van der Waals surface area contributed by atoms with E-state index in [4.69, 9.17) is 10.00 Å². The third kappa shape index (κ3) is 4.68. The van der Waals surface area contributed by atoms with Gasteiger partial charge < -0.3 is 15.4 Å². The van der Waals surface area contributed by atoms with Crippen molar-refractivity contribution >= 4 is 22.5 Å². The number of urea groups is 1. The van der Waals surface area contributed by atoms with Gasteiger partial charge in [-0.2, -0.15) is 5.26 Å². The van der Waals surface area contributed by atoms with E-state index in [2.05, 4.69) is 27.8 Å². The highest BCUT2D eigenvalue weighted by atomic mass is 16.5. The second kappa shape index (κ2) is 9.63. The Hall–Kier alpha value is -4.37. The molecular formula is C26H22N4O2. The van der Waals surface area contributed by atoms with Crippen molar-refractivity contribution in [1.29, 1.82) is 5.26 Å². The van der Waals surface area contributed by atoms with Gasteiger partial charge >= 0.3 is 6.03 Å². The summed E-state index contributed by atoms with van der Waals surface area (Å²) in [6.45, 7) is 2.94. The van der Waals surface area contributed by atoms with Gasteiger partial charge in [-0.15, -0.1) is 0 Å². The highest BCUT2D eigenvalue weighted by Gasteiger charge is 2.10. The third-order valence-electron chi connectivity index (χ3n) is 5.07. The summed E-state index contributed by atoms with van der Waals surface area (Å²) in [4.78, 5) is 16.6. The first-order valence-corrected chi connectivity index (χ1v) is 10.3. The van der Waals surface area contributed by atoms with Crippen molar-refractivity contribution in [2.45, 2.75) is 13.5 Å². The van der Waals surface area contributed by atoms with Crippen LogP contribution in [0.15, 0.2) is 79.1 Å². The summed E-state index contributed by atoms with van der Waals surface area (Å²) >= 11 is 0.